The molecule has 0 N–H and O–H groups in total. The van der Waals surface area contributed by atoms with Gasteiger partial charge in [0.15, 0.2) is 0 Å². The second kappa shape index (κ2) is 3.37. The first-order chi connectivity index (χ1) is 6.65. The highest BCUT2D eigenvalue weighted by Gasteiger charge is 2.47. The van der Waals surface area contributed by atoms with Crippen molar-refractivity contribution in [2.75, 3.05) is 13.1 Å². The van der Waals surface area contributed by atoms with Crippen molar-refractivity contribution in [2.45, 2.75) is 32.6 Å². The standard InChI is InChI=1S/C11H17NO2/c1-11(4-5-11)10(14)12-6-2-9(8-13)3-7-12/h8-9H,2-7H2,1H3. The highest BCUT2D eigenvalue weighted by molar-refractivity contribution is 5.85. The summed E-state index contributed by atoms with van der Waals surface area (Å²) in [4.78, 5) is 24.4. The van der Waals surface area contributed by atoms with Gasteiger partial charge in [-0.15, -0.1) is 0 Å². The fraction of sp³-hybridized carbons (Fsp3) is 0.818. The third-order valence-corrected chi connectivity index (χ3v) is 3.54. The minimum absolute atomic E-state index is 0.0476. The molecule has 0 aromatic heterocycles. The first kappa shape index (κ1) is 9.69. The summed E-state index contributed by atoms with van der Waals surface area (Å²) in [5.74, 6) is 0.493. The van der Waals surface area contributed by atoms with E-state index in [1.54, 1.807) is 0 Å². The van der Waals surface area contributed by atoms with Gasteiger partial charge in [0.2, 0.25) is 5.91 Å². The van der Waals surface area contributed by atoms with E-state index in [0.29, 0.717) is 5.91 Å². The van der Waals surface area contributed by atoms with Crippen LogP contribution in [0.15, 0.2) is 0 Å². The Labute approximate surface area is 84.5 Å². The largest absolute Gasteiger partial charge is 0.342 e. The highest BCUT2D eigenvalue weighted by Crippen LogP contribution is 2.46. The minimum atomic E-state index is -0.0476. The van der Waals surface area contributed by atoms with Gasteiger partial charge in [0.05, 0.1) is 0 Å². The fourth-order valence-electron chi connectivity index (χ4n) is 2.02. The molecule has 1 heterocycles. The maximum Gasteiger partial charge on any atom is 0.228 e. The van der Waals surface area contributed by atoms with Gasteiger partial charge in [-0.05, 0) is 25.7 Å². The molecular weight excluding hydrogens is 178 g/mol. The van der Waals surface area contributed by atoms with Crippen LogP contribution in [0.3, 0.4) is 0 Å². The van der Waals surface area contributed by atoms with Crippen molar-refractivity contribution in [1.29, 1.82) is 0 Å². The van der Waals surface area contributed by atoms with E-state index in [-0.39, 0.29) is 11.3 Å². The molecule has 14 heavy (non-hydrogen) atoms. The van der Waals surface area contributed by atoms with Crippen LogP contribution in [0.4, 0.5) is 0 Å². The molecule has 0 spiro atoms. The number of hydrogen-bond acceptors (Lipinski definition) is 2. The summed E-state index contributed by atoms with van der Waals surface area (Å²) in [5, 5.41) is 0. The summed E-state index contributed by atoms with van der Waals surface area (Å²) in [7, 11) is 0. The van der Waals surface area contributed by atoms with Gasteiger partial charge >= 0.3 is 0 Å². The molecule has 1 saturated heterocycles. The van der Waals surface area contributed by atoms with Gasteiger partial charge in [0.25, 0.3) is 0 Å². The lowest BCUT2D eigenvalue weighted by atomic mass is 9.97. The van der Waals surface area contributed by atoms with Crippen molar-refractivity contribution in [2.24, 2.45) is 11.3 Å². The third-order valence-electron chi connectivity index (χ3n) is 3.54. The van der Waals surface area contributed by atoms with Crippen molar-refractivity contribution in [1.82, 2.24) is 4.90 Å². The monoisotopic (exact) mass is 195 g/mol. The van der Waals surface area contributed by atoms with Crippen LogP contribution in [0.2, 0.25) is 0 Å². The van der Waals surface area contributed by atoms with E-state index in [2.05, 4.69) is 0 Å². The van der Waals surface area contributed by atoms with Gasteiger partial charge < -0.3 is 9.69 Å². The topological polar surface area (TPSA) is 37.4 Å². The summed E-state index contributed by atoms with van der Waals surface area (Å²) >= 11 is 0. The zero-order valence-electron chi connectivity index (χ0n) is 8.66. The molecule has 2 rings (SSSR count). The van der Waals surface area contributed by atoms with Crippen molar-refractivity contribution >= 4 is 12.2 Å². The van der Waals surface area contributed by atoms with E-state index in [0.717, 1.165) is 45.1 Å². The van der Waals surface area contributed by atoms with Crippen LogP contribution in [-0.2, 0) is 9.59 Å². The van der Waals surface area contributed by atoms with E-state index < -0.39 is 0 Å². The number of piperidine rings is 1. The first-order valence-electron chi connectivity index (χ1n) is 5.40. The Hall–Kier alpha value is -0.860. The van der Waals surface area contributed by atoms with Gasteiger partial charge in [-0.3, -0.25) is 4.79 Å². The van der Waals surface area contributed by atoms with Crippen LogP contribution in [0.1, 0.15) is 32.6 Å². The van der Waals surface area contributed by atoms with Gasteiger partial charge in [-0.25, -0.2) is 0 Å². The molecular formula is C11H17NO2. The average molecular weight is 195 g/mol. The lowest BCUT2D eigenvalue weighted by Gasteiger charge is -2.31. The predicted octanol–water partition coefficient (Wildman–Crippen LogP) is 1.22. The molecule has 0 radical (unpaired) electrons. The molecule has 78 valence electrons. The smallest absolute Gasteiger partial charge is 0.228 e. The van der Waals surface area contributed by atoms with Crippen LogP contribution in [0.5, 0.6) is 0 Å². The fourth-order valence-corrected chi connectivity index (χ4v) is 2.02. The van der Waals surface area contributed by atoms with Crippen LogP contribution in [0.25, 0.3) is 0 Å². The zero-order chi connectivity index (χ0) is 10.2. The Bertz CT molecular complexity index is 250. The van der Waals surface area contributed by atoms with E-state index in [4.69, 9.17) is 0 Å². The molecule has 3 heteroatoms. The third kappa shape index (κ3) is 1.68. The second-order valence-electron chi connectivity index (χ2n) is 4.83. The first-order valence-corrected chi connectivity index (χ1v) is 5.40. The predicted molar refractivity (Wildman–Crippen MR) is 52.7 cm³/mol. The second-order valence-corrected chi connectivity index (χ2v) is 4.83. The maximum atomic E-state index is 11.9. The van der Waals surface area contributed by atoms with Crippen molar-refractivity contribution in [3.05, 3.63) is 0 Å². The molecule has 1 aliphatic carbocycles. The van der Waals surface area contributed by atoms with Crippen molar-refractivity contribution < 1.29 is 9.59 Å². The van der Waals surface area contributed by atoms with E-state index in [1.165, 1.54) is 0 Å². The molecule has 0 atom stereocenters. The van der Waals surface area contributed by atoms with E-state index >= 15 is 0 Å². The summed E-state index contributed by atoms with van der Waals surface area (Å²) in [6, 6.07) is 0. The molecule has 0 unspecified atom stereocenters. The Morgan fingerprint density at radius 3 is 2.36 bits per heavy atom. The van der Waals surface area contributed by atoms with Crippen LogP contribution in [0, 0.1) is 11.3 Å². The number of amides is 1. The van der Waals surface area contributed by atoms with Crippen LogP contribution >= 0.6 is 0 Å². The minimum Gasteiger partial charge on any atom is -0.342 e. The molecule has 1 amide bonds. The summed E-state index contributed by atoms with van der Waals surface area (Å²) < 4.78 is 0. The molecule has 0 aromatic rings. The van der Waals surface area contributed by atoms with Crippen molar-refractivity contribution in [3.8, 4) is 0 Å². The zero-order valence-corrected chi connectivity index (χ0v) is 8.66. The summed E-state index contributed by atoms with van der Waals surface area (Å²) in [6.45, 7) is 3.59. The van der Waals surface area contributed by atoms with Crippen LogP contribution in [-0.4, -0.2) is 30.2 Å². The Morgan fingerprint density at radius 2 is 1.93 bits per heavy atom. The molecule has 3 nitrogen and oxygen atoms in total. The van der Waals surface area contributed by atoms with Gasteiger partial charge in [0, 0.05) is 24.4 Å². The maximum absolute atomic E-state index is 11.9. The lowest BCUT2D eigenvalue weighted by molar-refractivity contribution is -0.138. The highest BCUT2D eigenvalue weighted by atomic mass is 16.2. The molecule has 0 bridgehead atoms. The molecule has 0 aromatic carbocycles. The SMILES string of the molecule is CC1(C(=O)N2CCC(C=O)CC2)CC1. The van der Waals surface area contributed by atoms with Crippen LogP contribution < -0.4 is 0 Å². The number of nitrogens with zero attached hydrogens (tertiary/aromatic N) is 1. The normalized spacial score (nSPS) is 25.9. The Kier molecular flexibility index (Phi) is 2.33. The summed E-state index contributed by atoms with van der Waals surface area (Å²) in [6.07, 6.45) is 4.82. The number of likely N-dealkylation sites (tertiary alicyclic amines) is 1. The van der Waals surface area contributed by atoms with Gasteiger partial charge in [0.1, 0.15) is 6.29 Å². The number of aldehydes is 1. The van der Waals surface area contributed by atoms with E-state index in [1.807, 2.05) is 11.8 Å². The Morgan fingerprint density at radius 1 is 1.36 bits per heavy atom. The number of carbonyl (C=O) groups is 2. The number of rotatable bonds is 2. The Balaban J connectivity index is 1.89. The average Bonchev–Trinajstić information content (AvgIpc) is 2.97. The van der Waals surface area contributed by atoms with Gasteiger partial charge in [-0.1, -0.05) is 6.92 Å². The number of hydrogen-bond donors (Lipinski definition) is 0. The summed E-state index contributed by atoms with van der Waals surface area (Å²) in [5.41, 5.74) is -0.0476. The van der Waals surface area contributed by atoms with E-state index in [9.17, 15) is 9.59 Å². The lowest BCUT2D eigenvalue weighted by Crippen LogP contribution is -2.42. The van der Waals surface area contributed by atoms with Crippen molar-refractivity contribution in [3.63, 3.8) is 0 Å². The van der Waals surface area contributed by atoms with Gasteiger partial charge in [-0.2, -0.15) is 0 Å². The molecule has 2 fully saturated rings. The molecule has 1 aliphatic heterocycles. The quantitative estimate of drug-likeness (QED) is 0.621. The molecule has 2 aliphatic rings. The number of carbonyl (C=O) groups excluding carboxylic acids is 2. The molecule has 1 saturated carbocycles.